The van der Waals surface area contributed by atoms with E-state index in [1.165, 1.54) is 31.5 Å². The van der Waals surface area contributed by atoms with Gasteiger partial charge in [-0.2, -0.15) is 5.26 Å². The van der Waals surface area contributed by atoms with E-state index in [1.54, 1.807) is 77.5 Å². The molecule has 15 rings (SSSR count). The number of hydrogen-bond acceptors (Lipinski definition) is 22. The number of aromatic amines is 5. The first kappa shape index (κ1) is 81.0. The van der Waals surface area contributed by atoms with E-state index in [9.17, 15) is 14.7 Å². The van der Waals surface area contributed by atoms with Crippen LogP contribution in [0.25, 0.3) is 66.2 Å². The fourth-order valence-corrected chi connectivity index (χ4v) is 12.4. The van der Waals surface area contributed by atoms with E-state index in [0.29, 0.717) is 117 Å². The number of anilines is 3. The van der Waals surface area contributed by atoms with Crippen molar-refractivity contribution < 1.29 is 19.8 Å². The van der Waals surface area contributed by atoms with Gasteiger partial charge in [-0.05, 0) is 87.5 Å². The molecule has 12 aromatic heterocycles. The molecule has 3 saturated heterocycles. The van der Waals surface area contributed by atoms with Gasteiger partial charge >= 0.3 is 0 Å². The highest BCUT2D eigenvalue weighted by molar-refractivity contribution is 6.66. The van der Waals surface area contributed by atoms with Crippen molar-refractivity contribution in [3.63, 3.8) is 0 Å². The molecule has 0 bridgehead atoms. The van der Waals surface area contributed by atoms with Gasteiger partial charge < -0.3 is 82.7 Å². The van der Waals surface area contributed by atoms with Gasteiger partial charge in [-0.3, -0.25) is 9.59 Å². The molecule has 3 fully saturated rings. The zero-order chi connectivity index (χ0) is 73.7. The maximum Gasteiger partial charge on any atom is 0.246 e. The number of aromatic nitrogens is 16. The highest BCUT2D eigenvalue weighted by atomic mass is 35.5. The molecule has 0 radical (unpaired) electrons. The molecule has 0 spiro atoms. The lowest BCUT2D eigenvalue weighted by Crippen LogP contribution is -2.44. The Morgan fingerprint density at radius 3 is 1.46 bits per heavy atom. The first-order valence-corrected chi connectivity index (χ1v) is 34.6. The normalized spacial score (nSPS) is 15.1. The van der Waals surface area contributed by atoms with E-state index in [2.05, 4.69) is 115 Å². The van der Waals surface area contributed by atoms with Crippen LogP contribution in [-0.2, 0) is 16.3 Å². The van der Waals surface area contributed by atoms with Crippen molar-refractivity contribution in [2.75, 3.05) is 75.4 Å². The number of pyridine rings is 2. The lowest BCUT2D eigenvalue weighted by molar-refractivity contribution is -0.127. The van der Waals surface area contributed by atoms with Crippen molar-refractivity contribution in [3.05, 3.63) is 158 Å². The Balaban J connectivity index is 0.000000169. The third-order valence-corrected chi connectivity index (χ3v) is 17.5. The topological polar surface area (TPSA) is 427 Å². The molecular formula is C64H72Cl9N25O4. The van der Waals surface area contributed by atoms with E-state index >= 15 is 0 Å². The van der Waals surface area contributed by atoms with Gasteiger partial charge in [-0.1, -0.05) is 106 Å². The molecule has 15 heterocycles. The monoisotopic (exact) mass is 1570 g/mol. The Morgan fingerprint density at radius 1 is 0.569 bits per heavy atom. The van der Waals surface area contributed by atoms with Crippen LogP contribution in [0.3, 0.4) is 0 Å². The molecule has 1 amide bonds. The minimum absolute atomic E-state index is 0.0333. The average molecular weight is 1570 g/mol. The summed E-state index contributed by atoms with van der Waals surface area (Å²) in [5.41, 5.74) is 14.5. The van der Waals surface area contributed by atoms with Crippen molar-refractivity contribution in [1.29, 1.82) is 5.26 Å². The SMILES string of the molecule is C=CC(=O)Cl.C=CC(=O)N1CCC[C@@H](Nc2ncnc3[nH]cc(Cl)c23)C1.CO.Clc1c[nH]c2ncnc(Cl)c12.Clc1c[nH]c2ncnc(N[C@@H]3CCCNC3)c12.Clc1ccnc2[nH]cc(Cl)c12.N#Cc1c[nH]c2nccc(Cl)c12.NCCN.OCn1cc(Cl)c2c(N[C@@H]3CCCNC3)ncnc21. The summed E-state index contributed by atoms with van der Waals surface area (Å²) < 4.78 is 1.60. The molecule has 540 valence electrons. The Kier molecular flexibility index (Phi) is 33.2. The Labute approximate surface area is 629 Å². The van der Waals surface area contributed by atoms with E-state index in [0.717, 1.165) is 122 Å². The highest BCUT2D eigenvalue weighted by Gasteiger charge is 2.24. The quantitative estimate of drug-likeness (QED) is 0.0343. The van der Waals surface area contributed by atoms with Crippen molar-refractivity contribution >= 4 is 199 Å². The van der Waals surface area contributed by atoms with Crippen molar-refractivity contribution in [1.82, 2.24) is 94.9 Å². The molecular weight excluding hydrogens is 1500 g/mol. The zero-order valence-electron chi connectivity index (χ0n) is 54.6. The molecule has 0 saturated carbocycles. The fraction of sp³-hybridized carbons (Fsp3) is 0.297. The van der Waals surface area contributed by atoms with Gasteiger partial charge in [0.15, 0.2) is 0 Å². The van der Waals surface area contributed by atoms with Crippen LogP contribution < -0.4 is 38.1 Å². The van der Waals surface area contributed by atoms with Crippen LogP contribution in [0, 0.1) is 11.3 Å². The summed E-state index contributed by atoms with van der Waals surface area (Å²) in [6.45, 7) is 13.1. The second kappa shape index (κ2) is 41.7. The first-order chi connectivity index (χ1) is 49.4. The largest absolute Gasteiger partial charge is 0.400 e. The summed E-state index contributed by atoms with van der Waals surface area (Å²) in [4.78, 5) is 78.7. The Bertz CT molecular complexity index is 4640. The number of piperidine rings is 3. The molecule has 3 atom stereocenters. The number of carbonyl (C=O) groups is 2. The number of aliphatic hydroxyl groups is 2. The third kappa shape index (κ3) is 22.4. The molecule has 0 unspecified atom stereocenters. The number of H-pyrrole nitrogens is 5. The summed E-state index contributed by atoms with van der Waals surface area (Å²) in [6, 6.07) is 6.31. The average Bonchev–Trinajstić information content (AvgIpc) is 1.56. The Morgan fingerprint density at radius 2 is 1.00 bits per heavy atom. The summed E-state index contributed by atoms with van der Waals surface area (Å²) in [6.07, 6.45) is 28.1. The molecule has 102 heavy (non-hydrogen) atoms. The standard InChI is InChI=1S/C14H16ClN5O.C12H16ClN5O.C11H14ClN5.C8H4ClN3.C7H4Cl2N2.C6H3Cl2N3.C3H3ClO.C2H8N2.CH4O/c1-2-11(21)20-5-3-4-9(7-20)19-14-12-10(15)6-16-13(12)17-8-18-14;13-9-5-18(7-19)12-10(9)11(15-6-16-12)17-8-2-1-3-14-4-8;12-8-5-14-10-9(8)11(16-6-15-10)17-7-2-1-3-13-4-7;9-6-1-2-11-8-7(6)5(3-10)4-12-8;8-4-1-2-10-7-6(4)5(9)3-11-7;7-3-1-9-6-4(3)5(8)10-2-11-6;1-2-3(4)5;3-1-2-4;1-2/h2,6,8-9H,1,3-5,7H2,(H2,16,17,18,19);5-6,8,14,19H,1-4,7H2,(H,15,16,17);5-7,13H,1-4H2,(H2,14,15,16,17);1-2,4H,(H,11,12);1-3H,(H,10,11);1-2H,(H,9,10,11);2H,1H2;1-4H2;2H,1H3/t9-;8-;7-;;;;;;/m111....../s1. The van der Waals surface area contributed by atoms with Crippen LogP contribution in [-0.4, -0.2) is 183 Å². The van der Waals surface area contributed by atoms with E-state index in [4.69, 9.17) is 126 Å². The predicted octanol–water partition coefficient (Wildman–Crippen LogP) is 11.8. The summed E-state index contributed by atoms with van der Waals surface area (Å²) in [5, 5.41) is 50.5. The van der Waals surface area contributed by atoms with Crippen molar-refractivity contribution in [3.8, 4) is 6.07 Å². The van der Waals surface area contributed by atoms with Crippen LogP contribution in [0.5, 0.6) is 0 Å². The summed E-state index contributed by atoms with van der Waals surface area (Å²) >= 11 is 52.3. The number of halogens is 9. The van der Waals surface area contributed by atoms with E-state index in [-0.39, 0.29) is 18.7 Å². The number of likely N-dealkylation sites (tertiary alicyclic amines) is 1. The number of carbonyl (C=O) groups excluding carboxylic acids is 2. The molecule has 0 aromatic carbocycles. The number of nitriles is 1. The van der Waals surface area contributed by atoms with Crippen LogP contribution >= 0.6 is 104 Å². The number of rotatable bonds is 10. The Hall–Kier alpha value is -8.26. The third-order valence-electron chi connectivity index (χ3n) is 14.9. The second-order valence-corrected chi connectivity index (χ2v) is 25.2. The van der Waals surface area contributed by atoms with Crippen LogP contribution in [0.1, 0.15) is 44.1 Å². The first-order valence-electron chi connectivity index (χ1n) is 31.2. The number of aliphatic hydroxyl groups excluding tert-OH is 2. The predicted molar refractivity (Wildman–Crippen MR) is 408 cm³/mol. The van der Waals surface area contributed by atoms with Gasteiger partial charge in [0, 0.05) is 114 Å². The van der Waals surface area contributed by atoms with E-state index in [1.807, 2.05) is 6.07 Å². The molecule has 12 aromatic rings. The maximum atomic E-state index is 11.7. The number of fused-ring (bicyclic) bond motifs is 6. The fourth-order valence-electron chi connectivity index (χ4n) is 10.3. The van der Waals surface area contributed by atoms with Crippen molar-refractivity contribution in [2.45, 2.75) is 63.4 Å². The lowest BCUT2D eigenvalue weighted by atomic mass is 10.1. The molecule has 3 aliphatic rings. The number of nitrogens with one attached hydrogen (secondary N) is 10. The zero-order valence-corrected chi connectivity index (χ0v) is 61.4. The minimum atomic E-state index is -0.509. The molecule has 0 aliphatic carbocycles. The van der Waals surface area contributed by atoms with Gasteiger partial charge in [0.1, 0.15) is 94.6 Å². The van der Waals surface area contributed by atoms with Gasteiger partial charge in [-0.25, -0.2) is 49.8 Å². The molecule has 16 N–H and O–H groups in total. The lowest BCUT2D eigenvalue weighted by Gasteiger charge is -2.32. The van der Waals surface area contributed by atoms with Crippen LogP contribution in [0.4, 0.5) is 17.5 Å². The van der Waals surface area contributed by atoms with Gasteiger partial charge in [0.2, 0.25) is 11.1 Å². The maximum absolute atomic E-state index is 11.7. The van der Waals surface area contributed by atoms with E-state index < -0.39 is 5.24 Å². The smallest absolute Gasteiger partial charge is 0.246 e. The summed E-state index contributed by atoms with van der Waals surface area (Å²) in [5.74, 6) is 2.21. The van der Waals surface area contributed by atoms with Gasteiger partial charge in [0.25, 0.3) is 0 Å². The number of nitrogens with zero attached hydrogens (tertiary/aromatic N) is 13. The number of allylic oxidation sites excluding steroid dienone is 1. The highest BCUT2D eigenvalue weighted by Crippen LogP contribution is 2.33. The minimum Gasteiger partial charge on any atom is -0.400 e. The number of amides is 1. The second-order valence-electron chi connectivity index (χ2n) is 21.6. The van der Waals surface area contributed by atoms with Gasteiger partial charge in [-0.15, -0.1) is 0 Å². The van der Waals surface area contributed by atoms with Crippen molar-refractivity contribution in [2.24, 2.45) is 11.5 Å². The number of hydrogen-bond donors (Lipinski definition) is 14. The summed E-state index contributed by atoms with van der Waals surface area (Å²) in [7, 11) is 1.00. The molecule has 38 heteroatoms. The molecule has 29 nitrogen and oxygen atoms in total. The number of nitrogens with two attached hydrogens (primary N) is 2. The van der Waals surface area contributed by atoms with Crippen LogP contribution in [0.15, 0.2) is 112 Å². The van der Waals surface area contributed by atoms with Gasteiger partial charge in [0.05, 0.1) is 73.0 Å². The molecule has 3 aliphatic heterocycles. The van der Waals surface area contributed by atoms with Crippen LogP contribution in [0.2, 0.25) is 40.3 Å².